The van der Waals surface area contributed by atoms with Crippen LogP contribution in [0.3, 0.4) is 0 Å². The van der Waals surface area contributed by atoms with Gasteiger partial charge in [-0.05, 0) is 6.42 Å². The summed E-state index contributed by atoms with van der Waals surface area (Å²) in [6.45, 7) is 0.664. The van der Waals surface area contributed by atoms with Gasteiger partial charge in [-0.1, -0.05) is 0 Å². The van der Waals surface area contributed by atoms with Gasteiger partial charge in [-0.25, -0.2) is 10.2 Å². The first kappa shape index (κ1) is 8.79. The van der Waals surface area contributed by atoms with Crippen molar-refractivity contribution in [2.75, 3.05) is 13.6 Å². The first-order chi connectivity index (χ1) is 5.61. The Morgan fingerprint density at radius 3 is 2.83 bits per heavy atom. The number of amides is 2. The van der Waals surface area contributed by atoms with Crippen LogP contribution < -0.4 is 10.9 Å². The molecule has 6 nitrogen and oxygen atoms in total. The SMILES string of the molecule is CN1CCC(NNC(=O)O)C1=O. The Morgan fingerprint density at radius 2 is 2.42 bits per heavy atom. The van der Waals surface area contributed by atoms with Gasteiger partial charge in [-0.15, -0.1) is 0 Å². The lowest BCUT2D eigenvalue weighted by Crippen LogP contribution is -2.47. The van der Waals surface area contributed by atoms with E-state index >= 15 is 0 Å². The monoisotopic (exact) mass is 173 g/mol. The number of likely N-dealkylation sites (tertiary alicyclic amines) is 1. The van der Waals surface area contributed by atoms with Gasteiger partial charge >= 0.3 is 6.09 Å². The number of likely N-dealkylation sites (N-methyl/N-ethyl adjacent to an activating group) is 1. The lowest BCUT2D eigenvalue weighted by molar-refractivity contribution is -0.128. The van der Waals surface area contributed by atoms with Gasteiger partial charge in [0.05, 0.1) is 0 Å². The maximum absolute atomic E-state index is 11.1. The molecular formula is C6H11N3O3. The summed E-state index contributed by atoms with van der Waals surface area (Å²) in [6.07, 6.45) is -0.548. The third-order valence-corrected chi connectivity index (χ3v) is 1.78. The summed E-state index contributed by atoms with van der Waals surface area (Å²) in [5, 5.41) is 8.23. The van der Waals surface area contributed by atoms with Gasteiger partial charge in [0.25, 0.3) is 0 Å². The van der Waals surface area contributed by atoms with E-state index in [9.17, 15) is 9.59 Å². The number of hydrogen-bond donors (Lipinski definition) is 3. The molecule has 0 aliphatic carbocycles. The molecule has 0 spiro atoms. The summed E-state index contributed by atoms with van der Waals surface area (Å²) < 4.78 is 0. The molecule has 1 aliphatic heterocycles. The summed E-state index contributed by atoms with van der Waals surface area (Å²) in [5.74, 6) is -0.0799. The predicted octanol–water partition coefficient (Wildman–Crippen LogP) is -1.01. The molecule has 1 saturated heterocycles. The number of carbonyl (C=O) groups is 2. The van der Waals surface area contributed by atoms with Gasteiger partial charge in [0, 0.05) is 13.6 Å². The van der Waals surface area contributed by atoms with E-state index in [0.29, 0.717) is 13.0 Å². The van der Waals surface area contributed by atoms with Crippen molar-refractivity contribution in [3.05, 3.63) is 0 Å². The predicted molar refractivity (Wildman–Crippen MR) is 40.3 cm³/mol. The van der Waals surface area contributed by atoms with Crippen LogP contribution in [-0.4, -0.2) is 41.6 Å². The third kappa shape index (κ3) is 1.85. The van der Waals surface area contributed by atoms with Gasteiger partial charge in [0.1, 0.15) is 6.04 Å². The summed E-state index contributed by atoms with van der Waals surface area (Å²) >= 11 is 0. The van der Waals surface area contributed by atoms with E-state index in [4.69, 9.17) is 5.11 Å². The number of hydrazine groups is 1. The van der Waals surface area contributed by atoms with Gasteiger partial charge < -0.3 is 10.0 Å². The molecule has 3 N–H and O–H groups in total. The van der Waals surface area contributed by atoms with Crippen LogP contribution in [0.2, 0.25) is 0 Å². The van der Waals surface area contributed by atoms with Crippen molar-refractivity contribution in [2.45, 2.75) is 12.5 Å². The van der Waals surface area contributed by atoms with Crippen LogP contribution >= 0.6 is 0 Å². The molecule has 1 rings (SSSR count). The quantitative estimate of drug-likeness (QED) is 0.467. The van der Waals surface area contributed by atoms with Gasteiger partial charge in [0.15, 0.2) is 0 Å². The van der Waals surface area contributed by atoms with E-state index in [-0.39, 0.29) is 5.91 Å². The Hall–Kier alpha value is -1.30. The summed E-state index contributed by atoms with van der Waals surface area (Å²) in [7, 11) is 1.69. The Bertz CT molecular complexity index is 206. The Balaban J connectivity index is 2.34. The highest BCUT2D eigenvalue weighted by Crippen LogP contribution is 2.06. The molecule has 1 heterocycles. The molecule has 12 heavy (non-hydrogen) atoms. The highest BCUT2D eigenvalue weighted by Gasteiger charge is 2.28. The van der Waals surface area contributed by atoms with Crippen molar-refractivity contribution < 1.29 is 14.7 Å². The highest BCUT2D eigenvalue weighted by atomic mass is 16.4. The zero-order valence-electron chi connectivity index (χ0n) is 6.70. The molecule has 1 unspecified atom stereocenters. The smallest absolute Gasteiger partial charge is 0.419 e. The normalized spacial score (nSPS) is 22.9. The van der Waals surface area contributed by atoms with Crippen LogP contribution in [0, 0.1) is 0 Å². The Labute approximate surface area is 69.5 Å². The highest BCUT2D eigenvalue weighted by molar-refractivity contribution is 5.83. The number of nitrogens with zero attached hydrogens (tertiary/aromatic N) is 1. The second-order valence-electron chi connectivity index (χ2n) is 2.68. The molecular weight excluding hydrogens is 162 g/mol. The minimum Gasteiger partial charge on any atom is -0.464 e. The number of carboxylic acid groups (broad SMARTS) is 1. The molecule has 0 radical (unpaired) electrons. The average molecular weight is 173 g/mol. The fourth-order valence-corrected chi connectivity index (χ4v) is 1.11. The average Bonchev–Trinajstić information content (AvgIpc) is 2.30. The molecule has 1 fully saturated rings. The number of hydrogen-bond acceptors (Lipinski definition) is 3. The molecule has 1 atom stereocenters. The zero-order valence-corrected chi connectivity index (χ0v) is 6.70. The minimum atomic E-state index is -1.18. The van der Waals surface area contributed by atoms with Crippen molar-refractivity contribution in [2.24, 2.45) is 0 Å². The molecule has 0 saturated carbocycles. The summed E-state index contributed by atoms with van der Waals surface area (Å²) in [5.41, 5.74) is 4.38. The zero-order chi connectivity index (χ0) is 9.14. The van der Waals surface area contributed by atoms with Crippen LogP contribution in [-0.2, 0) is 4.79 Å². The van der Waals surface area contributed by atoms with Gasteiger partial charge in [-0.2, -0.15) is 0 Å². The van der Waals surface area contributed by atoms with Crippen LogP contribution in [0.5, 0.6) is 0 Å². The number of carbonyl (C=O) groups excluding carboxylic acids is 1. The van der Waals surface area contributed by atoms with E-state index in [2.05, 4.69) is 5.43 Å². The lowest BCUT2D eigenvalue weighted by Gasteiger charge is -2.10. The van der Waals surface area contributed by atoms with E-state index in [1.165, 1.54) is 0 Å². The van der Waals surface area contributed by atoms with Crippen LogP contribution in [0.1, 0.15) is 6.42 Å². The summed E-state index contributed by atoms with van der Waals surface area (Å²) in [6, 6.07) is -0.411. The van der Waals surface area contributed by atoms with Crippen molar-refractivity contribution in [1.82, 2.24) is 15.8 Å². The maximum Gasteiger partial charge on any atom is 0.419 e. The molecule has 0 bridgehead atoms. The van der Waals surface area contributed by atoms with Crippen LogP contribution in [0.25, 0.3) is 0 Å². The second-order valence-corrected chi connectivity index (χ2v) is 2.68. The third-order valence-electron chi connectivity index (χ3n) is 1.78. The largest absolute Gasteiger partial charge is 0.464 e. The molecule has 2 amide bonds. The second kappa shape index (κ2) is 3.40. The van der Waals surface area contributed by atoms with Gasteiger partial charge in [0.2, 0.25) is 5.91 Å². The van der Waals surface area contributed by atoms with Gasteiger partial charge in [-0.3, -0.25) is 10.2 Å². The topological polar surface area (TPSA) is 81.7 Å². The molecule has 68 valence electrons. The van der Waals surface area contributed by atoms with Crippen LogP contribution in [0.4, 0.5) is 4.79 Å². The maximum atomic E-state index is 11.1. The van der Waals surface area contributed by atoms with Crippen molar-refractivity contribution in [3.63, 3.8) is 0 Å². The fourth-order valence-electron chi connectivity index (χ4n) is 1.11. The molecule has 1 aliphatic rings. The van der Waals surface area contributed by atoms with E-state index in [1.54, 1.807) is 11.9 Å². The van der Waals surface area contributed by atoms with Crippen molar-refractivity contribution in [3.8, 4) is 0 Å². The van der Waals surface area contributed by atoms with E-state index in [0.717, 1.165) is 0 Å². The van der Waals surface area contributed by atoms with Crippen LogP contribution in [0.15, 0.2) is 0 Å². The standard InChI is InChI=1S/C6H11N3O3/c1-9-3-2-4(5(9)10)7-8-6(11)12/h4,7-8H,2-3H2,1H3,(H,11,12). The van der Waals surface area contributed by atoms with E-state index in [1.807, 2.05) is 5.43 Å². The number of nitrogens with one attached hydrogen (secondary N) is 2. The molecule has 6 heteroatoms. The van der Waals surface area contributed by atoms with Crippen molar-refractivity contribution >= 4 is 12.0 Å². The fraction of sp³-hybridized carbons (Fsp3) is 0.667. The minimum absolute atomic E-state index is 0.0799. The summed E-state index contributed by atoms with van der Waals surface area (Å²) in [4.78, 5) is 22.8. The lowest BCUT2D eigenvalue weighted by atomic mass is 10.3. The molecule has 0 aromatic heterocycles. The first-order valence-corrected chi connectivity index (χ1v) is 3.60. The number of rotatable bonds is 2. The Kier molecular flexibility index (Phi) is 2.49. The Morgan fingerprint density at radius 1 is 1.75 bits per heavy atom. The first-order valence-electron chi connectivity index (χ1n) is 3.60. The van der Waals surface area contributed by atoms with E-state index < -0.39 is 12.1 Å². The molecule has 0 aromatic carbocycles. The molecule has 0 aromatic rings. The van der Waals surface area contributed by atoms with Crippen molar-refractivity contribution in [1.29, 1.82) is 0 Å².